The Morgan fingerprint density at radius 3 is 1.22 bits per heavy atom. The molecule has 0 amide bonds. The molecule has 0 nitrogen and oxygen atoms in total. The molecule has 0 aromatic heterocycles. The first kappa shape index (κ1) is 34.7. The molecule has 0 N–H and O–H groups in total. The molecular formula is C37H30Cl2F6Hf. The van der Waals surface area contributed by atoms with Crippen LogP contribution in [0.1, 0.15) is 61.0 Å². The Morgan fingerprint density at radius 2 is 0.913 bits per heavy atom. The van der Waals surface area contributed by atoms with Crippen molar-refractivity contribution < 1.29 is 71.1 Å². The molecule has 0 bridgehead atoms. The van der Waals surface area contributed by atoms with Crippen LogP contribution in [0.5, 0.6) is 0 Å². The van der Waals surface area contributed by atoms with E-state index in [0.29, 0.717) is 7.35 Å². The zero-order valence-electron chi connectivity index (χ0n) is 25.0. The minimum absolute atomic E-state index is 0. The number of halogens is 8. The third kappa shape index (κ3) is 5.64. The monoisotopic (exact) mass is 838 g/mol. The van der Waals surface area contributed by atoms with Gasteiger partial charge in [0, 0.05) is 0 Å². The van der Waals surface area contributed by atoms with Crippen LogP contribution in [0.15, 0.2) is 96.1 Å². The van der Waals surface area contributed by atoms with E-state index in [1.807, 2.05) is 24.3 Å². The molecule has 3 aliphatic rings. The minimum atomic E-state index is -4.38. The van der Waals surface area contributed by atoms with Crippen molar-refractivity contribution in [3.63, 3.8) is 0 Å². The van der Waals surface area contributed by atoms with Gasteiger partial charge in [-0.2, -0.15) is 0 Å². The van der Waals surface area contributed by atoms with E-state index in [4.69, 9.17) is 0 Å². The smallest absolute Gasteiger partial charge is 1.00 e. The standard InChI is InChI=1S/2C17H12F3.C3H6.2ClH.Hf/c2*1-11-9-13-3-2-4-15(16(13)10-11)12-5-7-14(8-6-12)17(18,19)20;1-3-2;;;/h2*2-10H,1H3;1-3H2;2*1H;/q;;;;;+2/p-2. The van der Waals surface area contributed by atoms with Gasteiger partial charge in [-0.05, 0) is 0 Å². The van der Waals surface area contributed by atoms with Gasteiger partial charge in [0.1, 0.15) is 0 Å². The number of allylic oxidation sites excluding steroid dienone is 2. The number of rotatable bonds is 4. The summed E-state index contributed by atoms with van der Waals surface area (Å²) >= 11 is -3.24. The van der Waals surface area contributed by atoms with Gasteiger partial charge < -0.3 is 24.8 Å². The molecule has 7 rings (SSSR count). The van der Waals surface area contributed by atoms with Crippen LogP contribution in [0.4, 0.5) is 26.3 Å². The second-order valence-electron chi connectivity index (χ2n) is 12.5. The summed E-state index contributed by atoms with van der Waals surface area (Å²) in [5, 5.41) is 0. The van der Waals surface area contributed by atoms with E-state index in [2.05, 4.69) is 38.1 Å². The van der Waals surface area contributed by atoms with E-state index in [1.165, 1.54) is 37.0 Å². The third-order valence-electron chi connectivity index (χ3n) is 10.0. The predicted octanol–water partition coefficient (Wildman–Crippen LogP) is 6.08. The zero-order valence-corrected chi connectivity index (χ0v) is 30.1. The molecule has 0 saturated carbocycles. The summed E-state index contributed by atoms with van der Waals surface area (Å²) in [5.41, 5.74) is 9.74. The fourth-order valence-electron chi connectivity index (χ4n) is 8.14. The maximum Gasteiger partial charge on any atom is -1.00 e. The van der Waals surface area contributed by atoms with Crippen molar-refractivity contribution in [3.05, 3.63) is 129 Å². The van der Waals surface area contributed by atoms with Crippen LogP contribution in [0.2, 0.25) is 8.35 Å². The van der Waals surface area contributed by atoms with Crippen molar-refractivity contribution in [2.45, 2.75) is 48.3 Å². The van der Waals surface area contributed by atoms with Crippen LogP contribution in [0.3, 0.4) is 0 Å². The molecule has 238 valence electrons. The largest absolute Gasteiger partial charge is 1.00 e. The van der Waals surface area contributed by atoms with Crippen molar-refractivity contribution in [1.29, 1.82) is 0 Å². The first-order chi connectivity index (χ1) is 20.9. The first-order valence-corrected chi connectivity index (χ1v) is 24.1. The Bertz CT molecular complexity index is 1700. The van der Waals surface area contributed by atoms with Gasteiger partial charge in [-0.15, -0.1) is 0 Å². The predicted molar refractivity (Wildman–Crippen MR) is 161 cm³/mol. The van der Waals surface area contributed by atoms with Gasteiger partial charge in [0.05, 0.1) is 0 Å². The molecule has 2 aliphatic carbocycles. The van der Waals surface area contributed by atoms with E-state index >= 15 is 0 Å². The second kappa shape index (κ2) is 12.4. The minimum Gasteiger partial charge on any atom is -1.00 e. The van der Waals surface area contributed by atoms with E-state index in [0.717, 1.165) is 57.6 Å². The van der Waals surface area contributed by atoms with E-state index < -0.39 is 43.4 Å². The Balaban J connectivity index is 0.00000208. The number of fused-ring (bicyclic) bond motifs is 2. The molecule has 2 atom stereocenters. The van der Waals surface area contributed by atoms with Crippen LogP contribution in [0.25, 0.3) is 34.4 Å². The summed E-state index contributed by atoms with van der Waals surface area (Å²) in [7, 11) is 0. The van der Waals surface area contributed by atoms with Crippen LogP contribution in [-0.4, -0.2) is 0 Å². The summed E-state index contributed by atoms with van der Waals surface area (Å²) in [6, 6.07) is 23.4. The van der Waals surface area contributed by atoms with Gasteiger partial charge in [-0.1, -0.05) is 0 Å². The number of hydrogen-bond donors (Lipinski definition) is 0. The van der Waals surface area contributed by atoms with Crippen molar-refractivity contribution in [2.24, 2.45) is 0 Å². The molecule has 2 unspecified atom stereocenters. The quantitative estimate of drug-likeness (QED) is 0.173. The molecular weight excluding hydrogens is 808 g/mol. The van der Waals surface area contributed by atoms with Gasteiger partial charge in [0.2, 0.25) is 0 Å². The van der Waals surface area contributed by atoms with Crippen molar-refractivity contribution >= 4 is 12.2 Å². The first-order valence-electron chi connectivity index (χ1n) is 14.9. The number of hydrogen-bond acceptors (Lipinski definition) is 0. The molecule has 1 saturated heterocycles. The van der Waals surface area contributed by atoms with Gasteiger partial charge in [-0.25, -0.2) is 0 Å². The average Bonchev–Trinajstić information content (AvgIpc) is 3.48. The molecule has 9 heteroatoms. The third-order valence-corrected chi connectivity index (χ3v) is 33.0. The SMILES string of the molecule is CC1=Cc2c(-c3ccc(C(F)(F)F)cc3)cccc2[CH]1[Hf+2]1([CH]2C(C)=Cc3c(-c4ccc(C(F)(F)F)cc4)cccc32)[CH2]C[CH2]1.[Cl-].[Cl-]. The van der Waals surface area contributed by atoms with E-state index in [-0.39, 0.29) is 24.8 Å². The van der Waals surface area contributed by atoms with Crippen LogP contribution < -0.4 is 24.8 Å². The fourth-order valence-corrected chi connectivity index (χ4v) is 31.1. The molecule has 4 aromatic carbocycles. The van der Waals surface area contributed by atoms with Crippen LogP contribution in [-0.2, 0) is 32.3 Å². The number of alkyl halides is 6. The summed E-state index contributed by atoms with van der Waals surface area (Å²) in [6.07, 6.45) is -3.02. The normalized spacial score (nSPS) is 18.9. The maximum atomic E-state index is 13.2. The number of benzene rings is 4. The summed E-state index contributed by atoms with van der Waals surface area (Å²) in [5.74, 6) is 0. The Kier molecular flexibility index (Phi) is 9.39. The Labute approximate surface area is 281 Å². The van der Waals surface area contributed by atoms with Crippen molar-refractivity contribution in [3.8, 4) is 22.3 Å². The van der Waals surface area contributed by atoms with E-state index in [9.17, 15) is 26.3 Å². The molecule has 4 aromatic rings. The summed E-state index contributed by atoms with van der Waals surface area (Å²) in [4.78, 5) is 0. The molecule has 46 heavy (non-hydrogen) atoms. The molecule has 0 spiro atoms. The van der Waals surface area contributed by atoms with Crippen molar-refractivity contribution in [2.75, 3.05) is 0 Å². The molecule has 1 fully saturated rings. The van der Waals surface area contributed by atoms with Crippen LogP contribution in [0, 0.1) is 0 Å². The second-order valence-corrected chi connectivity index (χ2v) is 29.1. The molecule has 1 heterocycles. The summed E-state index contributed by atoms with van der Waals surface area (Å²) in [6.45, 7) is 4.43. The molecule has 0 radical (unpaired) electrons. The van der Waals surface area contributed by atoms with Crippen molar-refractivity contribution in [1.82, 2.24) is 0 Å². The van der Waals surface area contributed by atoms with Gasteiger partial charge in [0.25, 0.3) is 0 Å². The van der Waals surface area contributed by atoms with Crippen LogP contribution >= 0.6 is 0 Å². The Morgan fingerprint density at radius 1 is 0.543 bits per heavy atom. The Hall–Kier alpha value is -2.61. The summed E-state index contributed by atoms with van der Waals surface area (Å²) < 4.78 is 82.7. The van der Waals surface area contributed by atoms with E-state index in [1.54, 1.807) is 24.3 Å². The fraction of sp³-hybridized carbons (Fsp3) is 0.243. The maximum absolute atomic E-state index is 13.2. The topological polar surface area (TPSA) is 0 Å². The van der Waals surface area contributed by atoms with Gasteiger partial charge in [-0.3, -0.25) is 0 Å². The molecule has 1 aliphatic heterocycles. The zero-order chi connectivity index (χ0) is 31.0. The van der Waals surface area contributed by atoms with Gasteiger partial charge >= 0.3 is 258 Å². The van der Waals surface area contributed by atoms with Gasteiger partial charge in [0.15, 0.2) is 0 Å². The average molecular weight is 838 g/mol.